The lowest BCUT2D eigenvalue weighted by atomic mass is 9.86. The number of anilines is 1. The van der Waals surface area contributed by atoms with Crippen molar-refractivity contribution in [2.45, 2.75) is 25.8 Å². The molecule has 1 unspecified atom stereocenters. The number of ether oxygens (including phenoxy) is 1. The highest BCUT2D eigenvalue weighted by molar-refractivity contribution is 6.31. The second-order valence-corrected chi connectivity index (χ2v) is 7.50. The van der Waals surface area contributed by atoms with Crippen LogP contribution in [0.5, 0.6) is 5.75 Å². The van der Waals surface area contributed by atoms with E-state index >= 15 is 0 Å². The van der Waals surface area contributed by atoms with Crippen molar-refractivity contribution in [3.63, 3.8) is 0 Å². The van der Waals surface area contributed by atoms with Gasteiger partial charge < -0.3 is 20.4 Å². The number of nitrogens with one attached hydrogen (secondary N) is 1. The Bertz CT molecular complexity index is 1120. The van der Waals surface area contributed by atoms with Gasteiger partial charge in [0.1, 0.15) is 28.9 Å². The summed E-state index contributed by atoms with van der Waals surface area (Å²) in [5.74, 6) is 1.37. The Labute approximate surface area is 167 Å². The van der Waals surface area contributed by atoms with Gasteiger partial charge in [0, 0.05) is 47.4 Å². The van der Waals surface area contributed by atoms with E-state index in [1.54, 1.807) is 13.3 Å². The summed E-state index contributed by atoms with van der Waals surface area (Å²) < 4.78 is 7.76. The van der Waals surface area contributed by atoms with Gasteiger partial charge in [-0.25, -0.2) is 9.97 Å². The number of nitrogens with two attached hydrogens (primary N) is 1. The van der Waals surface area contributed by atoms with E-state index in [1.807, 2.05) is 24.5 Å². The monoisotopic (exact) mass is 399 g/mol. The van der Waals surface area contributed by atoms with Crippen molar-refractivity contribution >= 4 is 28.5 Å². The van der Waals surface area contributed by atoms with Crippen molar-refractivity contribution in [1.29, 1.82) is 0 Å². The summed E-state index contributed by atoms with van der Waals surface area (Å²) in [7, 11) is 1.68. The van der Waals surface area contributed by atoms with Crippen LogP contribution in [-0.4, -0.2) is 34.7 Å². The van der Waals surface area contributed by atoms with Crippen molar-refractivity contribution in [2.24, 2.45) is 0 Å². The molecular weight excluding hydrogens is 378 g/mol. The molecule has 2 aromatic heterocycles. The minimum Gasteiger partial charge on any atom is -0.496 e. The van der Waals surface area contributed by atoms with Crippen LogP contribution >= 0.6 is 11.6 Å². The predicted octanol–water partition coefficient (Wildman–Crippen LogP) is 2.64. The molecule has 3 aromatic rings. The van der Waals surface area contributed by atoms with Crippen LogP contribution in [0.4, 0.5) is 5.82 Å². The topological polar surface area (TPSA) is 95.1 Å². The maximum Gasteiger partial charge on any atom is 0.194 e. The van der Waals surface area contributed by atoms with Crippen LogP contribution in [0.2, 0.25) is 5.02 Å². The summed E-state index contributed by atoms with van der Waals surface area (Å²) >= 11 is 6.59. The Balaban J connectivity index is 1.94. The third kappa shape index (κ3) is 2.82. The van der Waals surface area contributed by atoms with Gasteiger partial charge in [-0.15, -0.1) is 0 Å². The fraction of sp³-hybridized carbons (Fsp3) is 0.350. The van der Waals surface area contributed by atoms with Crippen molar-refractivity contribution in [3.8, 4) is 5.75 Å². The van der Waals surface area contributed by atoms with E-state index in [1.165, 1.54) is 12.4 Å². The first-order valence-electron chi connectivity index (χ1n) is 9.13. The highest BCUT2D eigenvalue weighted by Gasteiger charge is 2.29. The molecule has 1 aliphatic heterocycles. The molecule has 1 aromatic carbocycles. The lowest BCUT2D eigenvalue weighted by molar-refractivity contribution is 0.376. The molecule has 3 N–H and O–H groups in total. The van der Waals surface area contributed by atoms with Gasteiger partial charge in [-0.1, -0.05) is 11.6 Å². The fourth-order valence-corrected chi connectivity index (χ4v) is 4.09. The summed E-state index contributed by atoms with van der Waals surface area (Å²) in [4.78, 5) is 20.6. The molecule has 0 bridgehead atoms. The van der Waals surface area contributed by atoms with E-state index in [-0.39, 0.29) is 17.3 Å². The third-order valence-electron chi connectivity index (χ3n) is 5.55. The van der Waals surface area contributed by atoms with Crippen molar-refractivity contribution < 1.29 is 4.74 Å². The Hall–Kier alpha value is -2.64. The molecule has 1 saturated heterocycles. The number of aromatic nitrogens is 3. The van der Waals surface area contributed by atoms with Gasteiger partial charge >= 0.3 is 0 Å². The van der Waals surface area contributed by atoms with Crippen LogP contribution in [0, 0.1) is 6.92 Å². The third-order valence-corrected chi connectivity index (χ3v) is 5.94. The maximum absolute atomic E-state index is 12.3. The maximum atomic E-state index is 12.3. The number of nitrogens with zero attached hydrogens (tertiary/aromatic N) is 3. The molecule has 0 saturated carbocycles. The Morgan fingerprint density at radius 3 is 2.79 bits per heavy atom. The molecular formula is C20H22ClN5O2. The summed E-state index contributed by atoms with van der Waals surface area (Å²) in [6, 6.07) is 3.24. The number of hydrogen-bond acceptors (Lipinski definition) is 6. The molecule has 28 heavy (non-hydrogen) atoms. The number of methoxy groups -OCH3 is 1. The molecule has 146 valence electrons. The lowest BCUT2D eigenvalue weighted by Crippen LogP contribution is -2.40. The number of rotatable bonds is 4. The largest absolute Gasteiger partial charge is 0.496 e. The van der Waals surface area contributed by atoms with E-state index in [2.05, 4.69) is 15.3 Å². The normalized spacial score (nSPS) is 15.4. The standard InChI is InChI=1S/C20H22ClN5O2/c1-10-14(21)6-13(18(28-3)16(10)12-7-23-8-12)11(2)26-5-4-15(27)17-19(22)24-9-25-20(17)26/h4-6,9,11-12,23H,7-8H2,1-3H3,(H2,22,24,25). The van der Waals surface area contributed by atoms with Crippen LogP contribution in [0.3, 0.4) is 0 Å². The Morgan fingerprint density at radius 1 is 1.39 bits per heavy atom. The minimum absolute atomic E-state index is 0.173. The molecule has 0 amide bonds. The number of benzene rings is 1. The van der Waals surface area contributed by atoms with Gasteiger partial charge in [-0.2, -0.15) is 0 Å². The molecule has 3 heterocycles. The van der Waals surface area contributed by atoms with Gasteiger partial charge in [0.2, 0.25) is 0 Å². The summed E-state index contributed by atoms with van der Waals surface area (Å²) in [6.45, 7) is 5.84. The molecule has 7 nitrogen and oxygen atoms in total. The molecule has 8 heteroatoms. The lowest BCUT2D eigenvalue weighted by Gasteiger charge is -2.32. The Kier molecular flexibility index (Phi) is 4.72. The number of fused-ring (bicyclic) bond motifs is 1. The number of pyridine rings is 1. The molecule has 1 aliphatic rings. The second-order valence-electron chi connectivity index (χ2n) is 7.10. The Morgan fingerprint density at radius 2 is 2.14 bits per heavy atom. The van der Waals surface area contributed by atoms with Crippen LogP contribution in [0.1, 0.15) is 35.6 Å². The molecule has 0 radical (unpaired) electrons. The van der Waals surface area contributed by atoms with Gasteiger partial charge in [-0.05, 0) is 25.5 Å². The highest BCUT2D eigenvalue weighted by Crippen LogP contribution is 2.42. The first-order valence-corrected chi connectivity index (χ1v) is 9.50. The van der Waals surface area contributed by atoms with Crippen LogP contribution in [0.25, 0.3) is 11.0 Å². The SMILES string of the molecule is COc1c(C(C)n2ccc(=O)c3c(N)ncnc32)cc(Cl)c(C)c1C1CNC1. The average Bonchev–Trinajstić information content (AvgIpc) is 2.63. The molecule has 4 rings (SSSR count). The number of nitrogen functional groups attached to an aromatic ring is 1. The van der Waals surface area contributed by atoms with Crippen molar-refractivity contribution in [2.75, 3.05) is 25.9 Å². The first-order chi connectivity index (χ1) is 13.4. The van der Waals surface area contributed by atoms with E-state index in [4.69, 9.17) is 22.1 Å². The quantitative estimate of drug-likeness (QED) is 0.700. The predicted molar refractivity (Wildman–Crippen MR) is 110 cm³/mol. The summed E-state index contributed by atoms with van der Waals surface area (Å²) in [6.07, 6.45) is 3.09. The van der Waals surface area contributed by atoms with E-state index in [0.717, 1.165) is 35.5 Å². The van der Waals surface area contributed by atoms with Crippen LogP contribution < -0.4 is 21.2 Å². The number of hydrogen-bond donors (Lipinski definition) is 2. The van der Waals surface area contributed by atoms with Crippen molar-refractivity contribution in [3.05, 3.63) is 56.6 Å². The zero-order valence-electron chi connectivity index (χ0n) is 16.0. The van der Waals surface area contributed by atoms with Gasteiger partial charge in [0.25, 0.3) is 0 Å². The number of halogens is 1. The minimum atomic E-state index is -0.202. The average molecular weight is 400 g/mol. The van der Waals surface area contributed by atoms with Crippen molar-refractivity contribution in [1.82, 2.24) is 19.9 Å². The van der Waals surface area contributed by atoms with Gasteiger partial charge in [0.15, 0.2) is 5.43 Å². The van der Waals surface area contributed by atoms with Gasteiger partial charge in [-0.3, -0.25) is 4.79 Å². The zero-order chi connectivity index (χ0) is 20.0. The molecule has 0 spiro atoms. The summed E-state index contributed by atoms with van der Waals surface area (Å²) in [5.41, 5.74) is 9.33. The van der Waals surface area contributed by atoms with E-state index in [9.17, 15) is 4.79 Å². The molecule has 1 atom stereocenters. The van der Waals surface area contributed by atoms with Crippen LogP contribution in [-0.2, 0) is 0 Å². The second kappa shape index (κ2) is 7.07. The molecule has 1 fully saturated rings. The highest BCUT2D eigenvalue weighted by atomic mass is 35.5. The smallest absolute Gasteiger partial charge is 0.194 e. The van der Waals surface area contributed by atoms with Gasteiger partial charge in [0.05, 0.1) is 13.2 Å². The van der Waals surface area contributed by atoms with E-state index < -0.39 is 0 Å². The summed E-state index contributed by atoms with van der Waals surface area (Å²) in [5, 5.41) is 4.32. The first kappa shape index (κ1) is 18.7. The zero-order valence-corrected chi connectivity index (χ0v) is 16.7. The fourth-order valence-electron chi connectivity index (χ4n) is 3.87. The molecule has 0 aliphatic carbocycles. The van der Waals surface area contributed by atoms with E-state index in [0.29, 0.717) is 22.0 Å². The van der Waals surface area contributed by atoms with Crippen LogP contribution in [0.15, 0.2) is 29.5 Å².